The van der Waals surface area contributed by atoms with Gasteiger partial charge in [-0.15, -0.1) is 0 Å². The Morgan fingerprint density at radius 1 is 1.54 bits per heavy atom. The third-order valence-corrected chi connectivity index (χ3v) is 2.11. The highest BCUT2D eigenvalue weighted by Crippen LogP contribution is 2.31. The topological polar surface area (TPSA) is 46.5 Å². The third-order valence-electron chi connectivity index (χ3n) is 1.43. The van der Waals surface area contributed by atoms with Crippen LogP contribution in [0.4, 0.5) is 0 Å². The molecule has 1 aromatic carbocycles. The molecule has 0 aliphatic rings. The van der Waals surface area contributed by atoms with Gasteiger partial charge in [-0.05, 0) is 28.1 Å². The van der Waals surface area contributed by atoms with Crippen LogP contribution in [-0.2, 0) is 0 Å². The van der Waals surface area contributed by atoms with E-state index in [0.717, 1.165) is 0 Å². The molecule has 0 unspecified atom stereocenters. The summed E-state index contributed by atoms with van der Waals surface area (Å²) in [5.74, 6) is 0.301. The number of carbonyl (C=O) groups is 1. The number of ether oxygens (including phenoxy) is 1. The quantitative estimate of drug-likeness (QED) is 0.817. The number of methoxy groups -OCH3 is 1. The van der Waals surface area contributed by atoms with Crippen molar-refractivity contribution in [2.75, 3.05) is 7.11 Å². The Bertz CT molecular complexity index is 310. The van der Waals surface area contributed by atoms with Gasteiger partial charge in [-0.2, -0.15) is 0 Å². The van der Waals surface area contributed by atoms with E-state index in [2.05, 4.69) is 15.9 Å². The van der Waals surface area contributed by atoms with Crippen molar-refractivity contribution < 1.29 is 14.6 Å². The zero-order chi connectivity index (χ0) is 9.14. The van der Waals surface area contributed by atoms with Crippen molar-refractivity contribution in [1.29, 1.82) is 0 Å². The third kappa shape index (κ3) is 2.45. The van der Waals surface area contributed by atoms with Gasteiger partial charge in [0.05, 0.1) is 7.11 Å². The molecule has 0 heterocycles. The second-order valence-electron chi connectivity index (χ2n) is 2.16. The van der Waals surface area contributed by atoms with Crippen molar-refractivity contribution in [1.82, 2.24) is 0 Å². The molecule has 0 atom stereocenters. The van der Waals surface area contributed by atoms with Crippen LogP contribution in [0.15, 0.2) is 16.6 Å². The molecule has 0 bridgehead atoms. The minimum absolute atomic E-state index is 0. The predicted octanol–water partition coefficient (Wildman–Crippen LogP) is 2.61. The van der Waals surface area contributed by atoms with Crippen molar-refractivity contribution in [2.45, 2.75) is 7.43 Å². The van der Waals surface area contributed by atoms with Crippen molar-refractivity contribution in [3.05, 3.63) is 22.2 Å². The lowest BCUT2D eigenvalue weighted by atomic mass is 10.2. The van der Waals surface area contributed by atoms with Crippen LogP contribution in [0.2, 0.25) is 0 Å². The standard InChI is InChI=1S/C8H7BrO3.CH4/c1-12-8-2-5(4-10)6(9)3-7(8)11;/h2-4,11H,1H3;1H4. The molecular weight excluding hydrogens is 236 g/mol. The number of halogens is 1. The maximum absolute atomic E-state index is 10.4. The van der Waals surface area contributed by atoms with Crippen LogP contribution in [0, 0.1) is 0 Å². The van der Waals surface area contributed by atoms with Gasteiger partial charge in [0, 0.05) is 10.0 Å². The second-order valence-corrected chi connectivity index (χ2v) is 3.02. The lowest BCUT2D eigenvalue weighted by molar-refractivity contribution is 0.112. The van der Waals surface area contributed by atoms with Gasteiger partial charge in [0.25, 0.3) is 0 Å². The Kier molecular flexibility index (Phi) is 4.48. The average Bonchev–Trinajstić information content (AvgIpc) is 2.05. The van der Waals surface area contributed by atoms with Gasteiger partial charge in [-0.25, -0.2) is 0 Å². The SMILES string of the molecule is C.COc1cc(C=O)c(Br)cc1O. The largest absolute Gasteiger partial charge is 0.504 e. The first-order valence-corrected chi connectivity index (χ1v) is 4.00. The minimum Gasteiger partial charge on any atom is -0.504 e. The summed E-state index contributed by atoms with van der Waals surface area (Å²) in [4.78, 5) is 10.4. The summed E-state index contributed by atoms with van der Waals surface area (Å²) in [5, 5.41) is 9.24. The molecule has 72 valence electrons. The number of phenols is 1. The molecular formula is C9H11BrO3. The van der Waals surface area contributed by atoms with E-state index in [4.69, 9.17) is 4.74 Å². The van der Waals surface area contributed by atoms with E-state index in [1.807, 2.05) is 0 Å². The molecule has 3 nitrogen and oxygen atoms in total. The van der Waals surface area contributed by atoms with Crippen molar-refractivity contribution in [2.24, 2.45) is 0 Å². The summed E-state index contributed by atoms with van der Waals surface area (Å²) in [6, 6.07) is 2.88. The van der Waals surface area contributed by atoms with E-state index in [0.29, 0.717) is 22.1 Å². The molecule has 0 aromatic heterocycles. The normalized spacial score (nSPS) is 8.77. The number of phenolic OH excluding ortho intramolecular Hbond substituents is 1. The van der Waals surface area contributed by atoms with Crippen LogP contribution in [0.3, 0.4) is 0 Å². The number of benzene rings is 1. The molecule has 1 rings (SSSR count). The smallest absolute Gasteiger partial charge is 0.161 e. The van der Waals surface area contributed by atoms with Gasteiger partial charge >= 0.3 is 0 Å². The number of aromatic hydroxyl groups is 1. The van der Waals surface area contributed by atoms with Crippen LogP contribution < -0.4 is 4.74 Å². The fourth-order valence-corrected chi connectivity index (χ4v) is 1.24. The summed E-state index contributed by atoms with van der Waals surface area (Å²) in [6.45, 7) is 0. The number of hydrogen-bond acceptors (Lipinski definition) is 3. The Morgan fingerprint density at radius 3 is 2.62 bits per heavy atom. The fraction of sp³-hybridized carbons (Fsp3) is 0.222. The van der Waals surface area contributed by atoms with E-state index in [1.165, 1.54) is 19.2 Å². The van der Waals surface area contributed by atoms with E-state index >= 15 is 0 Å². The van der Waals surface area contributed by atoms with Gasteiger partial charge < -0.3 is 9.84 Å². The highest BCUT2D eigenvalue weighted by Gasteiger charge is 2.06. The van der Waals surface area contributed by atoms with Gasteiger partial charge in [0.1, 0.15) is 0 Å². The zero-order valence-electron chi connectivity index (χ0n) is 6.37. The molecule has 0 saturated heterocycles. The predicted molar refractivity (Wildman–Crippen MR) is 54.5 cm³/mol. The molecule has 0 amide bonds. The number of hydrogen-bond donors (Lipinski definition) is 1. The summed E-state index contributed by atoms with van der Waals surface area (Å²) in [7, 11) is 1.43. The molecule has 0 aliphatic carbocycles. The number of rotatable bonds is 2. The van der Waals surface area contributed by atoms with Crippen molar-refractivity contribution >= 4 is 22.2 Å². The van der Waals surface area contributed by atoms with Crippen molar-refractivity contribution in [3.63, 3.8) is 0 Å². The summed E-state index contributed by atoms with van der Waals surface area (Å²) in [6.07, 6.45) is 0.687. The number of aldehydes is 1. The molecule has 0 aliphatic heterocycles. The molecule has 4 heteroatoms. The van der Waals surface area contributed by atoms with Crippen molar-refractivity contribution in [3.8, 4) is 11.5 Å². The van der Waals surface area contributed by atoms with E-state index in [1.54, 1.807) is 0 Å². The molecule has 1 aromatic rings. The van der Waals surface area contributed by atoms with Gasteiger partial charge in [-0.1, -0.05) is 7.43 Å². The monoisotopic (exact) mass is 246 g/mol. The van der Waals surface area contributed by atoms with E-state index in [9.17, 15) is 9.90 Å². The lowest BCUT2D eigenvalue weighted by Crippen LogP contribution is -1.88. The second kappa shape index (κ2) is 4.87. The molecule has 0 spiro atoms. The highest BCUT2D eigenvalue weighted by molar-refractivity contribution is 9.10. The summed E-state index contributed by atoms with van der Waals surface area (Å²) in [5.41, 5.74) is 0.449. The Morgan fingerprint density at radius 2 is 2.15 bits per heavy atom. The van der Waals surface area contributed by atoms with Gasteiger partial charge in [0.15, 0.2) is 17.8 Å². The van der Waals surface area contributed by atoms with Gasteiger partial charge in [0.2, 0.25) is 0 Å². The molecule has 1 N–H and O–H groups in total. The van der Waals surface area contributed by atoms with Crippen LogP contribution in [0.1, 0.15) is 17.8 Å². The Balaban J connectivity index is 0.00000144. The van der Waals surface area contributed by atoms with E-state index in [-0.39, 0.29) is 13.2 Å². The maximum atomic E-state index is 10.4. The van der Waals surface area contributed by atoms with Crippen LogP contribution in [0.5, 0.6) is 11.5 Å². The van der Waals surface area contributed by atoms with Crippen LogP contribution in [0.25, 0.3) is 0 Å². The molecule has 0 radical (unpaired) electrons. The maximum Gasteiger partial charge on any atom is 0.161 e. The van der Waals surface area contributed by atoms with Gasteiger partial charge in [-0.3, -0.25) is 4.79 Å². The molecule has 0 fully saturated rings. The minimum atomic E-state index is 0. The summed E-state index contributed by atoms with van der Waals surface area (Å²) < 4.78 is 5.36. The first-order chi connectivity index (χ1) is 5.69. The first kappa shape index (κ1) is 12.0. The first-order valence-electron chi connectivity index (χ1n) is 3.20. The molecule has 13 heavy (non-hydrogen) atoms. The summed E-state index contributed by atoms with van der Waals surface area (Å²) >= 11 is 3.12. The Labute approximate surface area is 85.5 Å². The lowest BCUT2D eigenvalue weighted by Gasteiger charge is -2.04. The molecule has 0 saturated carbocycles. The zero-order valence-corrected chi connectivity index (χ0v) is 7.96. The van der Waals surface area contributed by atoms with Crippen LogP contribution >= 0.6 is 15.9 Å². The fourth-order valence-electron chi connectivity index (χ4n) is 0.812. The Hall–Kier alpha value is -1.03. The highest BCUT2D eigenvalue weighted by atomic mass is 79.9. The van der Waals surface area contributed by atoms with Crippen LogP contribution in [-0.4, -0.2) is 18.5 Å². The number of carbonyl (C=O) groups excluding carboxylic acids is 1. The van der Waals surface area contributed by atoms with E-state index < -0.39 is 0 Å². The average molecular weight is 247 g/mol.